The molecule has 0 bridgehead atoms. The average Bonchev–Trinajstić information content (AvgIpc) is 2.70. The first-order valence-electron chi connectivity index (χ1n) is 8.94. The van der Waals surface area contributed by atoms with Gasteiger partial charge in [-0.15, -0.1) is 0 Å². The highest BCUT2D eigenvalue weighted by molar-refractivity contribution is 6.32. The van der Waals surface area contributed by atoms with Crippen molar-refractivity contribution < 1.29 is 28.6 Å². The monoisotopic (exact) mass is 419 g/mol. The van der Waals surface area contributed by atoms with Crippen molar-refractivity contribution in [3.05, 3.63) is 52.5 Å². The van der Waals surface area contributed by atoms with Crippen molar-refractivity contribution in [2.75, 3.05) is 25.6 Å². The van der Waals surface area contributed by atoms with Crippen molar-refractivity contribution in [2.45, 2.75) is 20.3 Å². The second kappa shape index (κ2) is 10.5. The first-order valence-corrected chi connectivity index (χ1v) is 9.31. The van der Waals surface area contributed by atoms with E-state index in [1.54, 1.807) is 24.3 Å². The van der Waals surface area contributed by atoms with Gasteiger partial charge in [-0.05, 0) is 42.8 Å². The molecule has 2 rings (SSSR count). The van der Waals surface area contributed by atoms with Gasteiger partial charge in [-0.1, -0.05) is 18.5 Å². The number of ether oxygens (including phenoxy) is 3. The maximum absolute atomic E-state index is 12.3. The van der Waals surface area contributed by atoms with Crippen LogP contribution >= 0.6 is 11.6 Å². The van der Waals surface area contributed by atoms with Crippen LogP contribution < -0.4 is 14.8 Å². The number of carbonyl (C=O) groups is 3. The van der Waals surface area contributed by atoms with Crippen LogP contribution in [0.5, 0.6) is 11.5 Å². The van der Waals surface area contributed by atoms with Crippen LogP contribution in [0.1, 0.15) is 41.0 Å². The molecule has 0 aliphatic heterocycles. The largest absolute Gasteiger partial charge is 0.493 e. The molecule has 0 saturated heterocycles. The van der Waals surface area contributed by atoms with Gasteiger partial charge in [-0.2, -0.15) is 0 Å². The SMILES string of the molecule is CCCOc1c(Cl)cc(C(=O)OCC(=O)c2ccc(NC(C)=O)cc2)cc1OC. The second-order valence-electron chi connectivity index (χ2n) is 6.10. The van der Waals surface area contributed by atoms with Gasteiger partial charge in [0.25, 0.3) is 0 Å². The van der Waals surface area contributed by atoms with Crippen LogP contribution in [0.15, 0.2) is 36.4 Å². The number of Topliss-reactive ketones (excluding diaryl/α,β-unsaturated/α-hetero) is 1. The molecule has 7 nitrogen and oxygen atoms in total. The van der Waals surface area contributed by atoms with Crippen molar-refractivity contribution in [3.63, 3.8) is 0 Å². The number of anilines is 1. The first-order chi connectivity index (χ1) is 13.8. The molecule has 8 heteroatoms. The maximum Gasteiger partial charge on any atom is 0.338 e. The van der Waals surface area contributed by atoms with Crippen molar-refractivity contribution in [1.29, 1.82) is 0 Å². The fourth-order valence-electron chi connectivity index (χ4n) is 2.42. The Morgan fingerprint density at radius 1 is 1.07 bits per heavy atom. The van der Waals surface area contributed by atoms with Crippen LogP contribution in [-0.4, -0.2) is 38.0 Å². The lowest BCUT2D eigenvalue weighted by Gasteiger charge is -2.13. The number of ketones is 1. The molecule has 29 heavy (non-hydrogen) atoms. The lowest BCUT2D eigenvalue weighted by molar-refractivity contribution is -0.114. The highest BCUT2D eigenvalue weighted by Crippen LogP contribution is 2.36. The summed E-state index contributed by atoms with van der Waals surface area (Å²) in [5.74, 6) is -0.650. The van der Waals surface area contributed by atoms with Gasteiger partial charge in [0.1, 0.15) is 0 Å². The van der Waals surface area contributed by atoms with Crippen LogP contribution in [0.2, 0.25) is 5.02 Å². The van der Waals surface area contributed by atoms with Crippen LogP contribution in [-0.2, 0) is 9.53 Å². The number of carbonyl (C=O) groups excluding carboxylic acids is 3. The summed E-state index contributed by atoms with van der Waals surface area (Å²) in [6.07, 6.45) is 0.789. The summed E-state index contributed by atoms with van der Waals surface area (Å²) in [6, 6.07) is 9.13. The first kappa shape index (κ1) is 22.2. The summed E-state index contributed by atoms with van der Waals surface area (Å²) in [7, 11) is 1.44. The van der Waals surface area contributed by atoms with E-state index in [9.17, 15) is 14.4 Å². The predicted octanol–water partition coefficient (Wildman–Crippen LogP) is 4.14. The van der Waals surface area contributed by atoms with Crippen molar-refractivity contribution in [3.8, 4) is 11.5 Å². The van der Waals surface area contributed by atoms with E-state index in [1.807, 2.05) is 6.92 Å². The van der Waals surface area contributed by atoms with E-state index in [0.29, 0.717) is 29.4 Å². The quantitative estimate of drug-likeness (QED) is 0.485. The topological polar surface area (TPSA) is 90.9 Å². The lowest BCUT2D eigenvalue weighted by Crippen LogP contribution is -2.15. The van der Waals surface area contributed by atoms with E-state index < -0.39 is 12.6 Å². The van der Waals surface area contributed by atoms with E-state index in [4.69, 9.17) is 25.8 Å². The minimum atomic E-state index is -0.713. The number of esters is 1. The van der Waals surface area contributed by atoms with Gasteiger partial charge >= 0.3 is 5.97 Å². The Hall–Kier alpha value is -3.06. The number of rotatable bonds is 9. The number of benzene rings is 2. The third-order valence-corrected chi connectivity index (χ3v) is 4.06. The number of methoxy groups -OCH3 is 1. The van der Waals surface area contributed by atoms with E-state index >= 15 is 0 Å². The Morgan fingerprint density at radius 2 is 1.76 bits per heavy atom. The summed E-state index contributed by atoms with van der Waals surface area (Å²) in [6.45, 7) is 3.36. The molecule has 0 unspecified atom stereocenters. The highest BCUT2D eigenvalue weighted by Gasteiger charge is 2.18. The van der Waals surface area contributed by atoms with Crippen LogP contribution in [0.3, 0.4) is 0 Å². The molecule has 0 aliphatic carbocycles. The fraction of sp³-hybridized carbons (Fsp3) is 0.286. The number of halogens is 1. The summed E-state index contributed by atoms with van der Waals surface area (Å²) < 4.78 is 15.9. The normalized spacial score (nSPS) is 10.2. The van der Waals surface area contributed by atoms with E-state index in [-0.39, 0.29) is 22.3 Å². The predicted molar refractivity (Wildman–Crippen MR) is 109 cm³/mol. The van der Waals surface area contributed by atoms with Gasteiger partial charge in [-0.25, -0.2) is 4.79 Å². The Kier molecular flexibility index (Phi) is 8.03. The molecule has 154 valence electrons. The van der Waals surface area contributed by atoms with Crippen LogP contribution in [0.4, 0.5) is 5.69 Å². The summed E-state index contributed by atoms with van der Waals surface area (Å²) in [4.78, 5) is 35.6. The molecule has 1 N–H and O–H groups in total. The zero-order valence-electron chi connectivity index (χ0n) is 16.4. The number of hydrogen-bond donors (Lipinski definition) is 1. The number of nitrogens with one attached hydrogen (secondary N) is 1. The molecule has 2 aromatic carbocycles. The van der Waals surface area contributed by atoms with Crippen molar-refractivity contribution >= 4 is 34.9 Å². The lowest BCUT2D eigenvalue weighted by atomic mass is 10.1. The number of hydrogen-bond acceptors (Lipinski definition) is 6. The molecule has 0 heterocycles. The minimum absolute atomic E-state index is 0.143. The van der Waals surface area contributed by atoms with Gasteiger partial charge in [0.2, 0.25) is 5.91 Å². The molecule has 1 amide bonds. The third kappa shape index (κ3) is 6.22. The Morgan fingerprint density at radius 3 is 2.34 bits per heavy atom. The smallest absolute Gasteiger partial charge is 0.338 e. The molecule has 0 aromatic heterocycles. The molecule has 0 spiro atoms. The van der Waals surface area contributed by atoms with Gasteiger partial charge in [0.15, 0.2) is 23.9 Å². The van der Waals surface area contributed by atoms with E-state index in [2.05, 4.69) is 5.32 Å². The fourth-order valence-corrected chi connectivity index (χ4v) is 2.69. The van der Waals surface area contributed by atoms with Crippen molar-refractivity contribution in [2.24, 2.45) is 0 Å². The average molecular weight is 420 g/mol. The second-order valence-corrected chi connectivity index (χ2v) is 6.50. The molecule has 2 aromatic rings. The van der Waals surface area contributed by atoms with Crippen LogP contribution in [0.25, 0.3) is 0 Å². The minimum Gasteiger partial charge on any atom is -0.493 e. The maximum atomic E-state index is 12.3. The zero-order chi connectivity index (χ0) is 21.4. The zero-order valence-corrected chi connectivity index (χ0v) is 17.2. The summed E-state index contributed by atoms with van der Waals surface area (Å²) >= 11 is 6.19. The summed E-state index contributed by atoms with van der Waals surface area (Å²) in [5, 5.41) is 2.82. The van der Waals surface area contributed by atoms with Gasteiger partial charge in [-0.3, -0.25) is 9.59 Å². The summed E-state index contributed by atoms with van der Waals surface area (Å²) in [5.41, 5.74) is 1.06. The van der Waals surface area contributed by atoms with Gasteiger partial charge in [0, 0.05) is 18.2 Å². The molecule has 0 saturated carbocycles. The molecule has 0 fully saturated rings. The van der Waals surface area contributed by atoms with Crippen molar-refractivity contribution in [1.82, 2.24) is 0 Å². The van der Waals surface area contributed by atoms with E-state index in [1.165, 1.54) is 26.2 Å². The van der Waals surface area contributed by atoms with Gasteiger partial charge < -0.3 is 19.5 Å². The Bertz CT molecular complexity index is 895. The van der Waals surface area contributed by atoms with E-state index in [0.717, 1.165) is 6.42 Å². The molecule has 0 atom stereocenters. The number of amides is 1. The van der Waals surface area contributed by atoms with Crippen LogP contribution in [0, 0.1) is 0 Å². The molecule has 0 aliphatic rings. The molecular weight excluding hydrogens is 398 g/mol. The highest BCUT2D eigenvalue weighted by atomic mass is 35.5. The Labute approximate surface area is 173 Å². The van der Waals surface area contributed by atoms with Gasteiger partial charge in [0.05, 0.1) is 24.3 Å². The molecule has 0 radical (unpaired) electrons. The third-order valence-electron chi connectivity index (χ3n) is 3.78. The Balaban J connectivity index is 2.03. The standard InChI is InChI=1S/C21H22ClNO6/c1-4-9-28-20-17(22)10-15(11-19(20)27-3)21(26)29-12-18(25)14-5-7-16(8-6-14)23-13(2)24/h5-8,10-11H,4,9,12H2,1-3H3,(H,23,24). The molecular formula is C21H22ClNO6.